The highest BCUT2D eigenvalue weighted by molar-refractivity contribution is 6.06. The summed E-state index contributed by atoms with van der Waals surface area (Å²) >= 11 is 0. The number of hydrogen-bond acceptors (Lipinski definition) is 4. The molecule has 5 nitrogen and oxygen atoms in total. The molecule has 0 bridgehead atoms. The summed E-state index contributed by atoms with van der Waals surface area (Å²) in [4.78, 5) is 17.2. The van der Waals surface area contributed by atoms with E-state index >= 15 is 0 Å². The quantitative estimate of drug-likeness (QED) is 0.570. The molecule has 0 saturated heterocycles. The number of carbonyl (C=O) groups excluding carboxylic acids is 1. The van der Waals surface area contributed by atoms with E-state index in [0.29, 0.717) is 27.9 Å². The van der Waals surface area contributed by atoms with E-state index in [4.69, 9.17) is 4.52 Å². The first kappa shape index (κ1) is 17.8. The maximum atomic E-state index is 13.2. The number of fused-ring (bicyclic) bond motifs is 1. The van der Waals surface area contributed by atoms with E-state index in [1.54, 1.807) is 37.3 Å². The van der Waals surface area contributed by atoms with Crippen molar-refractivity contribution < 1.29 is 18.1 Å². The molecule has 1 amide bonds. The molecule has 0 saturated carbocycles. The van der Waals surface area contributed by atoms with Gasteiger partial charge in [0.25, 0.3) is 11.6 Å². The first-order chi connectivity index (χ1) is 13.5. The number of aromatic nitrogens is 2. The molecule has 0 unspecified atom stereocenters. The highest BCUT2D eigenvalue weighted by Gasteiger charge is 2.19. The van der Waals surface area contributed by atoms with E-state index in [1.807, 2.05) is 0 Å². The Balaban J connectivity index is 1.69. The van der Waals surface area contributed by atoms with Gasteiger partial charge in [-0.3, -0.25) is 4.79 Å². The van der Waals surface area contributed by atoms with Crippen molar-refractivity contribution in [2.75, 3.05) is 0 Å². The van der Waals surface area contributed by atoms with Gasteiger partial charge in [0.1, 0.15) is 11.6 Å². The van der Waals surface area contributed by atoms with Gasteiger partial charge in [0, 0.05) is 12.1 Å². The van der Waals surface area contributed by atoms with Gasteiger partial charge in [-0.05, 0) is 55.0 Å². The van der Waals surface area contributed by atoms with Crippen molar-refractivity contribution in [3.8, 4) is 11.3 Å². The lowest BCUT2D eigenvalue weighted by molar-refractivity contribution is 0.0952. The van der Waals surface area contributed by atoms with Gasteiger partial charge in [-0.1, -0.05) is 17.3 Å². The third-order valence-electron chi connectivity index (χ3n) is 4.37. The maximum absolute atomic E-state index is 13.2. The summed E-state index contributed by atoms with van der Waals surface area (Å²) in [6.45, 7) is 1.96. The van der Waals surface area contributed by atoms with Crippen LogP contribution in [0.15, 0.2) is 59.1 Å². The van der Waals surface area contributed by atoms with Gasteiger partial charge in [0.15, 0.2) is 0 Å². The molecule has 2 heterocycles. The Morgan fingerprint density at radius 1 is 1.04 bits per heavy atom. The number of pyridine rings is 1. The van der Waals surface area contributed by atoms with Crippen molar-refractivity contribution >= 4 is 17.0 Å². The van der Waals surface area contributed by atoms with Crippen LogP contribution in [0.1, 0.15) is 21.6 Å². The summed E-state index contributed by atoms with van der Waals surface area (Å²) in [7, 11) is 0. The predicted octanol–water partition coefficient (Wildman–Crippen LogP) is 4.41. The van der Waals surface area contributed by atoms with E-state index in [0.717, 1.165) is 5.56 Å². The fourth-order valence-electron chi connectivity index (χ4n) is 2.92. The summed E-state index contributed by atoms with van der Waals surface area (Å²) < 4.78 is 31.5. The largest absolute Gasteiger partial charge is 0.348 e. The van der Waals surface area contributed by atoms with Gasteiger partial charge in [-0.15, -0.1) is 0 Å². The molecule has 4 rings (SSSR count). The van der Waals surface area contributed by atoms with Gasteiger partial charge in [0.05, 0.1) is 22.3 Å². The van der Waals surface area contributed by atoms with E-state index in [-0.39, 0.29) is 29.8 Å². The van der Waals surface area contributed by atoms with Gasteiger partial charge in [0.2, 0.25) is 0 Å². The molecule has 28 heavy (non-hydrogen) atoms. The molecule has 0 aliphatic rings. The highest BCUT2D eigenvalue weighted by Crippen LogP contribution is 2.27. The molecule has 0 fully saturated rings. The first-order valence-electron chi connectivity index (χ1n) is 8.57. The van der Waals surface area contributed by atoms with Crippen LogP contribution in [0, 0.1) is 18.6 Å². The molecule has 0 aliphatic carbocycles. The number of benzene rings is 2. The molecule has 0 radical (unpaired) electrons. The smallest absolute Gasteiger partial charge is 0.259 e. The number of hydrogen-bond donors (Lipinski definition) is 1. The number of rotatable bonds is 4. The minimum absolute atomic E-state index is 0.228. The molecule has 4 aromatic rings. The van der Waals surface area contributed by atoms with Crippen LogP contribution < -0.4 is 5.32 Å². The molecule has 140 valence electrons. The molecule has 0 atom stereocenters. The van der Waals surface area contributed by atoms with Crippen LogP contribution in [-0.4, -0.2) is 16.0 Å². The minimum Gasteiger partial charge on any atom is -0.348 e. The monoisotopic (exact) mass is 379 g/mol. The molecule has 2 aromatic carbocycles. The van der Waals surface area contributed by atoms with Crippen LogP contribution in [0.4, 0.5) is 8.78 Å². The standard InChI is InChI=1S/C21H15F2N3O2/c1-12-19-17(20(27)24-11-13-2-6-15(22)7-3-13)10-18(25-21(19)28-26-12)14-4-8-16(23)9-5-14/h2-10H,11H2,1H3,(H,24,27). The Hall–Kier alpha value is -3.61. The average Bonchev–Trinajstić information content (AvgIpc) is 3.08. The maximum Gasteiger partial charge on any atom is 0.259 e. The van der Waals surface area contributed by atoms with Crippen molar-refractivity contribution in [3.05, 3.63) is 83.1 Å². The number of nitrogens with zero attached hydrogens (tertiary/aromatic N) is 2. The van der Waals surface area contributed by atoms with Crippen molar-refractivity contribution in [1.29, 1.82) is 0 Å². The third kappa shape index (κ3) is 3.46. The lowest BCUT2D eigenvalue weighted by atomic mass is 10.0. The predicted molar refractivity (Wildman–Crippen MR) is 99.5 cm³/mol. The fourth-order valence-corrected chi connectivity index (χ4v) is 2.92. The van der Waals surface area contributed by atoms with Gasteiger partial charge in [-0.25, -0.2) is 13.8 Å². The topological polar surface area (TPSA) is 68.0 Å². The van der Waals surface area contributed by atoms with Crippen LogP contribution in [0.3, 0.4) is 0 Å². The first-order valence-corrected chi connectivity index (χ1v) is 8.57. The Bertz CT molecular complexity index is 1150. The zero-order valence-electron chi connectivity index (χ0n) is 14.9. The molecule has 2 aromatic heterocycles. The fraction of sp³-hybridized carbons (Fsp3) is 0.0952. The van der Waals surface area contributed by atoms with Crippen molar-refractivity contribution in [2.24, 2.45) is 0 Å². The van der Waals surface area contributed by atoms with Crippen LogP contribution in [0.5, 0.6) is 0 Å². The molecular weight excluding hydrogens is 364 g/mol. The average molecular weight is 379 g/mol. The molecule has 0 aliphatic heterocycles. The van der Waals surface area contributed by atoms with E-state index in [2.05, 4.69) is 15.5 Å². The number of amides is 1. The van der Waals surface area contributed by atoms with Crippen molar-refractivity contribution in [3.63, 3.8) is 0 Å². The third-order valence-corrected chi connectivity index (χ3v) is 4.37. The second kappa shape index (κ2) is 7.19. The van der Waals surface area contributed by atoms with Crippen LogP contribution in [-0.2, 0) is 6.54 Å². The van der Waals surface area contributed by atoms with Gasteiger partial charge < -0.3 is 9.84 Å². The van der Waals surface area contributed by atoms with Crippen LogP contribution in [0.25, 0.3) is 22.4 Å². The Morgan fingerprint density at radius 2 is 1.68 bits per heavy atom. The summed E-state index contributed by atoms with van der Waals surface area (Å²) in [6, 6.07) is 13.3. The lowest BCUT2D eigenvalue weighted by Gasteiger charge is -2.09. The number of halogens is 2. The van der Waals surface area contributed by atoms with Crippen molar-refractivity contribution in [1.82, 2.24) is 15.5 Å². The summed E-state index contributed by atoms with van der Waals surface area (Å²) in [5, 5.41) is 7.23. The second-order valence-corrected chi connectivity index (χ2v) is 6.32. The van der Waals surface area contributed by atoms with E-state index < -0.39 is 0 Å². The minimum atomic E-state index is -0.363. The van der Waals surface area contributed by atoms with Gasteiger partial charge >= 0.3 is 0 Å². The zero-order valence-corrected chi connectivity index (χ0v) is 14.9. The highest BCUT2D eigenvalue weighted by atomic mass is 19.1. The Morgan fingerprint density at radius 3 is 2.36 bits per heavy atom. The van der Waals surface area contributed by atoms with E-state index in [9.17, 15) is 13.6 Å². The van der Waals surface area contributed by atoms with Crippen LogP contribution in [0.2, 0.25) is 0 Å². The summed E-state index contributed by atoms with van der Waals surface area (Å²) in [5.74, 6) is -1.04. The number of aryl methyl sites for hydroxylation is 1. The second-order valence-electron chi connectivity index (χ2n) is 6.32. The summed E-state index contributed by atoms with van der Waals surface area (Å²) in [6.07, 6.45) is 0. The zero-order chi connectivity index (χ0) is 19.7. The Kier molecular flexibility index (Phi) is 4.57. The molecule has 1 N–H and O–H groups in total. The van der Waals surface area contributed by atoms with E-state index in [1.165, 1.54) is 24.3 Å². The lowest BCUT2D eigenvalue weighted by Crippen LogP contribution is -2.23. The van der Waals surface area contributed by atoms with Crippen molar-refractivity contribution in [2.45, 2.75) is 13.5 Å². The summed E-state index contributed by atoms with van der Waals surface area (Å²) in [5.41, 5.74) is 3.00. The normalized spacial score (nSPS) is 11.0. The van der Waals surface area contributed by atoms with Crippen LogP contribution >= 0.6 is 0 Å². The van der Waals surface area contributed by atoms with Gasteiger partial charge in [-0.2, -0.15) is 0 Å². The molecular formula is C21H15F2N3O2. The number of carbonyl (C=O) groups is 1. The molecule has 0 spiro atoms. The number of nitrogens with one attached hydrogen (secondary N) is 1. The Labute approximate surface area is 159 Å². The SMILES string of the molecule is Cc1noc2nc(-c3ccc(F)cc3)cc(C(=O)NCc3ccc(F)cc3)c12. The molecule has 7 heteroatoms.